The summed E-state index contributed by atoms with van der Waals surface area (Å²) in [5, 5.41) is 4.04. The quantitative estimate of drug-likeness (QED) is 0.646. The highest BCUT2D eigenvalue weighted by Crippen LogP contribution is 1.88. The first-order valence-electron chi connectivity index (χ1n) is 4.41. The number of hydrogen-bond acceptors (Lipinski definition) is 3. The van der Waals surface area contributed by atoms with Crippen molar-refractivity contribution in [3.63, 3.8) is 0 Å². The van der Waals surface area contributed by atoms with Crippen LogP contribution in [-0.4, -0.2) is 39.3 Å². The second kappa shape index (κ2) is 4.87. The molecule has 4 heteroatoms. The molecule has 0 N–H and O–H groups in total. The first-order valence-corrected chi connectivity index (χ1v) is 4.41. The van der Waals surface area contributed by atoms with Gasteiger partial charge in [-0.15, -0.1) is 0 Å². The van der Waals surface area contributed by atoms with E-state index >= 15 is 0 Å². The Balaban J connectivity index is 2.25. The molecule has 0 saturated heterocycles. The van der Waals surface area contributed by atoms with Crippen molar-refractivity contribution in [3.8, 4) is 0 Å². The maximum atomic E-state index is 4.04. The molecule has 1 rings (SSSR count). The zero-order chi connectivity index (χ0) is 8.81. The third kappa shape index (κ3) is 2.62. The van der Waals surface area contributed by atoms with E-state index in [1.165, 1.54) is 0 Å². The molecule has 0 aliphatic heterocycles. The number of hydrogen-bond donors (Lipinski definition) is 0. The third-order valence-electron chi connectivity index (χ3n) is 2.01. The highest BCUT2D eigenvalue weighted by molar-refractivity contribution is 4.58. The van der Waals surface area contributed by atoms with E-state index in [0.29, 0.717) is 0 Å². The second-order valence-electron chi connectivity index (χ2n) is 2.69. The second-order valence-corrected chi connectivity index (χ2v) is 2.69. The summed E-state index contributed by atoms with van der Waals surface area (Å²) in [6.45, 7) is 8.53. The number of aromatic nitrogens is 3. The van der Waals surface area contributed by atoms with E-state index < -0.39 is 0 Å². The minimum Gasteiger partial charge on any atom is -0.302 e. The molecular weight excluding hydrogens is 152 g/mol. The van der Waals surface area contributed by atoms with Crippen LogP contribution in [0.1, 0.15) is 13.8 Å². The van der Waals surface area contributed by atoms with Crippen molar-refractivity contribution in [2.24, 2.45) is 0 Å². The van der Waals surface area contributed by atoms with E-state index in [-0.39, 0.29) is 0 Å². The van der Waals surface area contributed by atoms with Gasteiger partial charge in [0.15, 0.2) is 0 Å². The Hall–Kier alpha value is -0.900. The number of nitrogens with zero attached hydrogens (tertiary/aromatic N) is 4. The van der Waals surface area contributed by atoms with Gasteiger partial charge in [0.25, 0.3) is 0 Å². The summed E-state index contributed by atoms with van der Waals surface area (Å²) in [6, 6.07) is 0. The van der Waals surface area contributed by atoms with E-state index in [0.717, 1.165) is 26.2 Å². The summed E-state index contributed by atoms with van der Waals surface area (Å²) in [7, 11) is 0. The van der Waals surface area contributed by atoms with Gasteiger partial charge in [-0.25, -0.2) is 4.98 Å². The van der Waals surface area contributed by atoms with Gasteiger partial charge < -0.3 is 4.90 Å². The molecule has 0 radical (unpaired) electrons. The first kappa shape index (κ1) is 9.19. The maximum Gasteiger partial charge on any atom is 0.137 e. The fourth-order valence-electron chi connectivity index (χ4n) is 1.13. The number of rotatable bonds is 5. The normalized spacial score (nSPS) is 10.9. The molecule has 1 aromatic heterocycles. The van der Waals surface area contributed by atoms with Crippen LogP contribution in [0.25, 0.3) is 0 Å². The van der Waals surface area contributed by atoms with Crippen LogP contribution >= 0.6 is 0 Å². The fourth-order valence-corrected chi connectivity index (χ4v) is 1.13. The van der Waals surface area contributed by atoms with Crippen LogP contribution in [0.15, 0.2) is 12.7 Å². The Morgan fingerprint density at radius 1 is 1.33 bits per heavy atom. The van der Waals surface area contributed by atoms with Gasteiger partial charge in [0.1, 0.15) is 12.7 Å². The molecular formula is C8H16N4. The molecule has 0 aliphatic rings. The van der Waals surface area contributed by atoms with Crippen LogP contribution in [0, 0.1) is 0 Å². The van der Waals surface area contributed by atoms with Crippen LogP contribution in [0.5, 0.6) is 0 Å². The lowest BCUT2D eigenvalue weighted by Gasteiger charge is -2.17. The lowest BCUT2D eigenvalue weighted by Crippen LogP contribution is -2.27. The van der Waals surface area contributed by atoms with Gasteiger partial charge in [0.05, 0.1) is 6.54 Å². The predicted octanol–water partition coefficient (Wildman–Crippen LogP) is 0.620. The SMILES string of the molecule is CCN(CC)CCn1cncn1. The van der Waals surface area contributed by atoms with E-state index in [1.54, 1.807) is 12.7 Å². The van der Waals surface area contributed by atoms with E-state index in [2.05, 4.69) is 28.8 Å². The van der Waals surface area contributed by atoms with Crippen molar-refractivity contribution in [1.29, 1.82) is 0 Å². The topological polar surface area (TPSA) is 34.0 Å². The van der Waals surface area contributed by atoms with E-state index in [1.807, 2.05) is 4.68 Å². The smallest absolute Gasteiger partial charge is 0.137 e. The average Bonchev–Trinajstić information content (AvgIpc) is 2.59. The van der Waals surface area contributed by atoms with E-state index in [9.17, 15) is 0 Å². The maximum absolute atomic E-state index is 4.04. The molecule has 4 nitrogen and oxygen atoms in total. The van der Waals surface area contributed by atoms with Gasteiger partial charge >= 0.3 is 0 Å². The summed E-state index contributed by atoms with van der Waals surface area (Å²) >= 11 is 0. The van der Waals surface area contributed by atoms with Crippen molar-refractivity contribution >= 4 is 0 Å². The first-order chi connectivity index (χ1) is 5.86. The van der Waals surface area contributed by atoms with Gasteiger partial charge in [-0.1, -0.05) is 13.8 Å². The van der Waals surface area contributed by atoms with Crippen LogP contribution in [0.2, 0.25) is 0 Å². The van der Waals surface area contributed by atoms with Crippen LogP contribution in [0.4, 0.5) is 0 Å². The Morgan fingerprint density at radius 2 is 2.08 bits per heavy atom. The molecule has 0 fully saturated rings. The Labute approximate surface area is 73.2 Å². The highest BCUT2D eigenvalue weighted by atomic mass is 15.3. The van der Waals surface area contributed by atoms with Crippen LogP contribution < -0.4 is 0 Å². The third-order valence-corrected chi connectivity index (χ3v) is 2.01. The Morgan fingerprint density at radius 3 is 2.58 bits per heavy atom. The highest BCUT2D eigenvalue weighted by Gasteiger charge is 1.98. The molecule has 68 valence electrons. The zero-order valence-corrected chi connectivity index (χ0v) is 7.77. The molecule has 0 unspecified atom stereocenters. The van der Waals surface area contributed by atoms with Gasteiger partial charge in [-0.05, 0) is 13.1 Å². The predicted molar refractivity (Wildman–Crippen MR) is 47.8 cm³/mol. The molecule has 0 atom stereocenters. The van der Waals surface area contributed by atoms with Gasteiger partial charge in [0.2, 0.25) is 0 Å². The van der Waals surface area contributed by atoms with Crippen molar-refractivity contribution in [2.75, 3.05) is 19.6 Å². The molecule has 0 aliphatic carbocycles. The zero-order valence-electron chi connectivity index (χ0n) is 7.77. The molecule has 0 amide bonds. The van der Waals surface area contributed by atoms with Gasteiger partial charge in [-0.2, -0.15) is 5.10 Å². The summed E-state index contributed by atoms with van der Waals surface area (Å²) < 4.78 is 1.86. The van der Waals surface area contributed by atoms with Crippen LogP contribution in [0.3, 0.4) is 0 Å². The molecule has 0 saturated carbocycles. The van der Waals surface area contributed by atoms with Gasteiger partial charge in [-0.3, -0.25) is 4.68 Å². The minimum absolute atomic E-state index is 0.932. The van der Waals surface area contributed by atoms with Crippen molar-refractivity contribution < 1.29 is 0 Å². The summed E-state index contributed by atoms with van der Waals surface area (Å²) in [5.74, 6) is 0. The van der Waals surface area contributed by atoms with Crippen LogP contribution in [-0.2, 0) is 6.54 Å². The molecule has 0 spiro atoms. The average molecular weight is 168 g/mol. The minimum atomic E-state index is 0.932. The summed E-state index contributed by atoms with van der Waals surface area (Å²) in [4.78, 5) is 6.25. The Kier molecular flexibility index (Phi) is 3.73. The summed E-state index contributed by atoms with van der Waals surface area (Å²) in [6.07, 6.45) is 3.33. The standard InChI is InChI=1S/C8H16N4/c1-3-11(4-2)5-6-12-8-9-7-10-12/h7-8H,3-6H2,1-2H3. The summed E-state index contributed by atoms with van der Waals surface area (Å²) in [5.41, 5.74) is 0. The Bertz CT molecular complexity index is 191. The number of likely N-dealkylation sites (N-methyl/N-ethyl adjacent to an activating group) is 1. The molecule has 0 bridgehead atoms. The molecule has 12 heavy (non-hydrogen) atoms. The van der Waals surface area contributed by atoms with E-state index in [4.69, 9.17) is 0 Å². The fraction of sp³-hybridized carbons (Fsp3) is 0.750. The van der Waals surface area contributed by atoms with Gasteiger partial charge in [0, 0.05) is 6.54 Å². The van der Waals surface area contributed by atoms with Crippen molar-refractivity contribution in [1.82, 2.24) is 19.7 Å². The lowest BCUT2D eigenvalue weighted by atomic mass is 10.5. The van der Waals surface area contributed by atoms with Crippen molar-refractivity contribution in [3.05, 3.63) is 12.7 Å². The monoisotopic (exact) mass is 168 g/mol. The molecule has 1 heterocycles. The largest absolute Gasteiger partial charge is 0.302 e. The lowest BCUT2D eigenvalue weighted by molar-refractivity contribution is 0.285. The molecule has 0 aromatic carbocycles. The van der Waals surface area contributed by atoms with Crippen molar-refractivity contribution in [2.45, 2.75) is 20.4 Å². The molecule has 1 aromatic rings.